The van der Waals surface area contributed by atoms with Crippen molar-refractivity contribution in [3.63, 3.8) is 0 Å². The Morgan fingerprint density at radius 1 is 1.04 bits per heavy atom. The second-order valence-electron chi connectivity index (χ2n) is 6.46. The minimum atomic E-state index is -0.0733. The van der Waals surface area contributed by atoms with E-state index in [2.05, 4.69) is 47.7 Å². The van der Waals surface area contributed by atoms with Crippen LogP contribution in [0.15, 0.2) is 23.2 Å². The molecule has 2 N–H and O–H groups in total. The lowest BCUT2D eigenvalue weighted by molar-refractivity contribution is -0.147. The molecule has 144 valence electrons. The van der Waals surface area contributed by atoms with E-state index in [1.54, 1.807) is 7.05 Å². The molecule has 1 aliphatic rings. The molecule has 0 atom stereocenters. The van der Waals surface area contributed by atoms with Crippen LogP contribution in [0.4, 0.5) is 0 Å². The van der Waals surface area contributed by atoms with Crippen LogP contribution in [-0.2, 0) is 16.0 Å². The Kier molecular flexibility index (Phi) is 9.61. The molecule has 0 spiro atoms. The first-order valence-corrected chi connectivity index (χ1v) is 8.84. The fourth-order valence-corrected chi connectivity index (χ4v) is 3.09. The van der Waals surface area contributed by atoms with Crippen molar-refractivity contribution in [3.8, 4) is 0 Å². The van der Waals surface area contributed by atoms with E-state index in [0.29, 0.717) is 38.3 Å². The van der Waals surface area contributed by atoms with Crippen molar-refractivity contribution in [2.45, 2.75) is 39.5 Å². The molecule has 1 aromatic carbocycles. The molecule has 1 aliphatic heterocycles. The molecule has 0 saturated carbocycles. The monoisotopic (exact) mass is 472 g/mol. The highest BCUT2D eigenvalue weighted by atomic mass is 127. The van der Waals surface area contributed by atoms with Gasteiger partial charge in [-0.15, -0.1) is 24.0 Å². The van der Waals surface area contributed by atoms with Gasteiger partial charge in [-0.05, 0) is 32.3 Å². The summed E-state index contributed by atoms with van der Waals surface area (Å²) in [5, 5.41) is 6.43. The first-order chi connectivity index (χ1) is 12.0. The smallest absolute Gasteiger partial charge is 0.229 e. The van der Waals surface area contributed by atoms with Gasteiger partial charge >= 0.3 is 0 Å². The molecule has 1 fully saturated rings. The van der Waals surface area contributed by atoms with E-state index in [1.165, 1.54) is 21.6 Å². The molecule has 0 unspecified atom stereocenters. The molecule has 26 heavy (non-hydrogen) atoms. The lowest BCUT2D eigenvalue weighted by atomic mass is 10.1. The van der Waals surface area contributed by atoms with Gasteiger partial charge in [0, 0.05) is 39.5 Å². The highest BCUT2D eigenvalue weighted by Crippen LogP contribution is 2.11. The summed E-state index contributed by atoms with van der Waals surface area (Å²) in [4.78, 5) is 29.1. The van der Waals surface area contributed by atoms with Gasteiger partial charge in [-0.3, -0.25) is 19.5 Å². The number of nitrogens with one attached hydrogen (secondary N) is 2. The van der Waals surface area contributed by atoms with Crippen molar-refractivity contribution in [2.75, 3.05) is 26.7 Å². The Morgan fingerprint density at radius 2 is 1.62 bits per heavy atom. The number of halogens is 1. The fraction of sp³-hybridized carbons (Fsp3) is 0.526. The normalized spacial score (nSPS) is 14.9. The molecule has 0 radical (unpaired) electrons. The Balaban J connectivity index is 0.00000338. The van der Waals surface area contributed by atoms with Crippen LogP contribution in [0.2, 0.25) is 0 Å². The molecule has 2 amide bonds. The second-order valence-corrected chi connectivity index (χ2v) is 6.46. The predicted molar refractivity (Wildman–Crippen MR) is 115 cm³/mol. The number of imide groups is 1. The van der Waals surface area contributed by atoms with Crippen molar-refractivity contribution in [2.24, 2.45) is 4.99 Å². The molecular weight excluding hydrogens is 443 g/mol. The van der Waals surface area contributed by atoms with Crippen LogP contribution >= 0.6 is 24.0 Å². The van der Waals surface area contributed by atoms with Crippen LogP contribution in [0.1, 0.15) is 36.0 Å². The van der Waals surface area contributed by atoms with Crippen LogP contribution in [-0.4, -0.2) is 49.4 Å². The van der Waals surface area contributed by atoms with Crippen molar-refractivity contribution in [1.29, 1.82) is 0 Å². The summed E-state index contributed by atoms with van der Waals surface area (Å²) < 4.78 is 0. The zero-order valence-electron chi connectivity index (χ0n) is 15.8. The van der Waals surface area contributed by atoms with Crippen LogP contribution in [0.3, 0.4) is 0 Å². The summed E-state index contributed by atoms with van der Waals surface area (Å²) in [5.41, 5.74) is 3.84. The highest BCUT2D eigenvalue weighted by molar-refractivity contribution is 14.0. The van der Waals surface area contributed by atoms with Gasteiger partial charge in [0.2, 0.25) is 11.8 Å². The van der Waals surface area contributed by atoms with E-state index in [-0.39, 0.29) is 35.8 Å². The van der Waals surface area contributed by atoms with Crippen molar-refractivity contribution in [3.05, 3.63) is 34.9 Å². The number of guanidine groups is 1. The first kappa shape index (κ1) is 22.4. The summed E-state index contributed by atoms with van der Waals surface area (Å²) in [6.45, 7) is 5.86. The summed E-state index contributed by atoms with van der Waals surface area (Å²) in [6, 6.07) is 6.55. The number of piperidine rings is 1. The topological polar surface area (TPSA) is 73.8 Å². The molecule has 0 bridgehead atoms. The lowest BCUT2D eigenvalue weighted by Gasteiger charge is -2.25. The van der Waals surface area contributed by atoms with Crippen LogP contribution in [0, 0.1) is 13.8 Å². The number of likely N-dealkylation sites (tertiary alicyclic amines) is 1. The quantitative estimate of drug-likeness (QED) is 0.288. The molecule has 7 heteroatoms. The number of amides is 2. The molecule has 1 heterocycles. The average molecular weight is 472 g/mol. The Morgan fingerprint density at radius 3 is 2.19 bits per heavy atom. The molecule has 1 aromatic rings. The Bertz CT molecular complexity index is 625. The van der Waals surface area contributed by atoms with Crippen LogP contribution in [0.5, 0.6) is 0 Å². The third-order valence-electron chi connectivity index (χ3n) is 4.22. The number of aryl methyl sites for hydroxylation is 2. The van der Waals surface area contributed by atoms with Gasteiger partial charge in [-0.25, -0.2) is 0 Å². The first-order valence-electron chi connectivity index (χ1n) is 8.84. The van der Waals surface area contributed by atoms with E-state index in [4.69, 9.17) is 0 Å². The van der Waals surface area contributed by atoms with Crippen LogP contribution < -0.4 is 10.6 Å². The SMILES string of the molecule is CN=C(NCCc1cc(C)cc(C)c1)NCCN1C(=O)CCCC1=O.I. The van der Waals surface area contributed by atoms with Gasteiger partial charge in [0.05, 0.1) is 0 Å². The molecular formula is C19H29IN4O2. The van der Waals surface area contributed by atoms with E-state index >= 15 is 0 Å². The van der Waals surface area contributed by atoms with Crippen LogP contribution in [0.25, 0.3) is 0 Å². The third kappa shape index (κ3) is 6.93. The molecule has 1 saturated heterocycles. The molecule has 0 aliphatic carbocycles. The lowest BCUT2D eigenvalue weighted by Crippen LogP contribution is -2.46. The summed E-state index contributed by atoms with van der Waals surface area (Å²) in [6.07, 6.45) is 2.51. The second kappa shape index (κ2) is 11.2. The zero-order chi connectivity index (χ0) is 18.2. The maximum absolute atomic E-state index is 11.8. The van der Waals surface area contributed by atoms with E-state index in [0.717, 1.165) is 13.0 Å². The van der Waals surface area contributed by atoms with Gasteiger partial charge in [0.25, 0.3) is 0 Å². The van der Waals surface area contributed by atoms with E-state index < -0.39 is 0 Å². The van der Waals surface area contributed by atoms with E-state index in [9.17, 15) is 9.59 Å². The maximum atomic E-state index is 11.8. The van der Waals surface area contributed by atoms with Gasteiger partial charge in [0.15, 0.2) is 5.96 Å². The van der Waals surface area contributed by atoms with Crippen molar-refractivity contribution in [1.82, 2.24) is 15.5 Å². The number of carbonyl (C=O) groups excluding carboxylic acids is 2. The van der Waals surface area contributed by atoms with Gasteiger partial charge in [-0.2, -0.15) is 0 Å². The number of rotatable bonds is 6. The Labute approximate surface area is 172 Å². The standard InChI is InChI=1S/C19H28N4O2.HI/c1-14-11-15(2)13-16(12-14)7-8-21-19(20-3)22-9-10-23-17(24)5-4-6-18(23)25;/h11-13H,4-10H2,1-3H3,(H2,20,21,22);1H. The average Bonchev–Trinajstić information content (AvgIpc) is 2.55. The predicted octanol–water partition coefficient (Wildman–Crippen LogP) is 2.17. The maximum Gasteiger partial charge on any atom is 0.229 e. The fourth-order valence-electron chi connectivity index (χ4n) is 3.09. The number of benzene rings is 1. The van der Waals surface area contributed by atoms with E-state index in [1.807, 2.05) is 0 Å². The molecule has 2 rings (SSSR count). The highest BCUT2D eigenvalue weighted by Gasteiger charge is 2.25. The minimum absolute atomic E-state index is 0. The minimum Gasteiger partial charge on any atom is -0.356 e. The third-order valence-corrected chi connectivity index (χ3v) is 4.22. The summed E-state index contributed by atoms with van der Waals surface area (Å²) >= 11 is 0. The summed E-state index contributed by atoms with van der Waals surface area (Å²) in [5.74, 6) is 0.535. The molecule has 0 aromatic heterocycles. The Hall–Kier alpha value is -1.64. The van der Waals surface area contributed by atoms with Gasteiger partial charge < -0.3 is 10.6 Å². The number of nitrogens with zero attached hydrogens (tertiary/aromatic N) is 2. The van der Waals surface area contributed by atoms with Gasteiger partial charge in [0.1, 0.15) is 0 Å². The number of carbonyl (C=O) groups is 2. The van der Waals surface area contributed by atoms with Gasteiger partial charge in [-0.1, -0.05) is 29.3 Å². The zero-order valence-corrected chi connectivity index (χ0v) is 18.1. The number of aliphatic imine (C=N–C) groups is 1. The number of hydrogen-bond acceptors (Lipinski definition) is 3. The number of hydrogen-bond donors (Lipinski definition) is 2. The largest absolute Gasteiger partial charge is 0.356 e. The van der Waals surface area contributed by atoms with Crippen molar-refractivity contribution >= 4 is 41.8 Å². The summed E-state index contributed by atoms with van der Waals surface area (Å²) in [7, 11) is 1.71. The molecule has 6 nitrogen and oxygen atoms in total. The van der Waals surface area contributed by atoms with Crippen molar-refractivity contribution < 1.29 is 9.59 Å².